The lowest BCUT2D eigenvalue weighted by molar-refractivity contribution is -0.132. The summed E-state index contributed by atoms with van der Waals surface area (Å²) in [6, 6.07) is 3.59. The summed E-state index contributed by atoms with van der Waals surface area (Å²) in [6.07, 6.45) is 3.76. The normalized spacial score (nSPS) is 11.2. The highest BCUT2D eigenvalue weighted by Gasteiger charge is 2.03. The van der Waals surface area contributed by atoms with E-state index in [1.54, 1.807) is 25.3 Å². The van der Waals surface area contributed by atoms with Crippen LogP contribution in [0.5, 0.6) is 5.75 Å². The zero-order chi connectivity index (χ0) is 12.0. The van der Waals surface area contributed by atoms with E-state index in [1.807, 2.05) is 13.0 Å². The second-order valence-electron chi connectivity index (χ2n) is 3.29. The molecule has 0 aliphatic rings. The average Bonchev–Trinajstić information content (AvgIpc) is 2.26. The lowest BCUT2D eigenvalue weighted by Gasteiger charge is -2.05. The fourth-order valence-corrected chi connectivity index (χ4v) is 1.24. The lowest BCUT2D eigenvalue weighted by atomic mass is 10.2. The molecule has 0 aliphatic heterocycles. The van der Waals surface area contributed by atoms with Crippen LogP contribution in [-0.2, 0) is 4.79 Å². The number of aromatic nitrogens is 1. The molecule has 0 spiro atoms. The maximum Gasteiger partial charge on any atom is 0.331 e. The van der Waals surface area contributed by atoms with Crippen molar-refractivity contribution < 1.29 is 14.6 Å². The van der Waals surface area contributed by atoms with Crippen molar-refractivity contribution in [1.82, 2.24) is 4.98 Å². The van der Waals surface area contributed by atoms with Crippen molar-refractivity contribution in [3.63, 3.8) is 0 Å². The molecule has 0 radical (unpaired) electrons. The fraction of sp³-hybridized carbons (Fsp3) is 0.333. The van der Waals surface area contributed by atoms with Gasteiger partial charge in [0, 0.05) is 11.8 Å². The SMILES string of the molecule is CCC(=CCOc1cccnc1C)C(=O)O. The molecule has 0 unspecified atom stereocenters. The number of carboxylic acid groups (broad SMARTS) is 1. The van der Waals surface area contributed by atoms with Gasteiger partial charge in [-0.15, -0.1) is 0 Å². The summed E-state index contributed by atoms with van der Waals surface area (Å²) in [5, 5.41) is 8.79. The molecule has 1 aromatic heterocycles. The monoisotopic (exact) mass is 221 g/mol. The number of carbonyl (C=O) groups is 1. The largest absolute Gasteiger partial charge is 0.488 e. The summed E-state index contributed by atoms with van der Waals surface area (Å²) in [5.41, 5.74) is 1.16. The zero-order valence-corrected chi connectivity index (χ0v) is 9.43. The molecule has 0 saturated heterocycles. The molecule has 0 fully saturated rings. The van der Waals surface area contributed by atoms with Gasteiger partial charge in [0.2, 0.25) is 0 Å². The molecule has 16 heavy (non-hydrogen) atoms. The minimum absolute atomic E-state index is 0.252. The van der Waals surface area contributed by atoms with Gasteiger partial charge in [0.1, 0.15) is 12.4 Å². The predicted molar refractivity (Wildman–Crippen MR) is 60.5 cm³/mol. The van der Waals surface area contributed by atoms with Crippen LogP contribution in [0.3, 0.4) is 0 Å². The number of aliphatic carboxylic acids is 1. The molecule has 0 atom stereocenters. The van der Waals surface area contributed by atoms with E-state index >= 15 is 0 Å². The van der Waals surface area contributed by atoms with Crippen molar-refractivity contribution in [2.24, 2.45) is 0 Å². The van der Waals surface area contributed by atoms with Gasteiger partial charge < -0.3 is 9.84 Å². The average molecular weight is 221 g/mol. The van der Waals surface area contributed by atoms with Crippen LogP contribution in [-0.4, -0.2) is 22.7 Å². The molecule has 1 N–H and O–H groups in total. The molecule has 0 aromatic carbocycles. The molecule has 0 amide bonds. The summed E-state index contributed by atoms with van der Waals surface area (Å²) in [7, 11) is 0. The van der Waals surface area contributed by atoms with Crippen LogP contribution in [0.2, 0.25) is 0 Å². The first-order chi connectivity index (χ1) is 7.65. The maximum atomic E-state index is 10.7. The Kier molecular flexibility index (Phi) is 4.51. The number of hydrogen-bond acceptors (Lipinski definition) is 3. The summed E-state index contributed by atoms with van der Waals surface area (Å²) >= 11 is 0. The first-order valence-corrected chi connectivity index (χ1v) is 5.12. The minimum Gasteiger partial charge on any atom is -0.488 e. The highest BCUT2D eigenvalue weighted by Crippen LogP contribution is 2.13. The first kappa shape index (κ1) is 12.2. The Labute approximate surface area is 94.6 Å². The second kappa shape index (κ2) is 5.90. The van der Waals surface area contributed by atoms with E-state index in [1.165, 1.54) is 0 Å². The van der Waals surface area contributed by atoms with E-state index < -0.39 is 5.97 Å². The van der Waals surface area contributed by atoms with Crippen LogP contribution in [0.15, 0.2) is 30.0 Å². The minimum atomic E-state index is -0.894. The quantitative estimate of drug-likeness (QED) is 0.774. The first-order valence-electron chi connectivity index (χ1n) is 5.12. The smallest absolute Gasteiger partial charge is 0.331 e. The third kappa shape index (κ3) is 3.38. The van der Waals surface area contributed by atoms with Crippen LogP contribution in [0.1, 0.15) is 19.0 Å². The number of aryl methyl sites for hydroxylation is 1. The summed E-state index contributed by atoms with van der Waals surface area (Å²) in [4.78, 5) is 14.8. The molecule has 1 rings (SSSR count). The third-order valence-corrected chi connectivity index (χ3v) is 2.18. The van der Waals surface area contributed by atoms with E-state index in [0.29, 0.717) is 17.7 Å². The topological polar surface area (TPSA) is 59.4 Å². The molecule has 0 bridgehead atoms. The van der Waals surface area contributed by atoms with Crippen molar-refractivity contribution >= 4 is 5.97 Å². The fourth-order valence-electron chi connectivity index (χ4n) is 1.24. The third-order valence-electron chi connectivity index (χ3n) is 2.18. The molecular formula is C12H15NO3. The van der Waals surface area contributed by atoms with Gasteiger partial charge in [-0.2, -0.15) is 0 Å². The van der Waals surface area contributed by atoms with Crippen molar-refractivity contribution in [2.75, 3.05) is 6.61 Å². The Hall–Kier alpha value is -1.84. The van der Waals surface area contributed by atoms with E-state index in [-0.39, 0.29) is 6.61 Å². The standard InChI is InChI=1S/C12H15NO3/c1-3-10(12(14)15)6-8-16-11-5-4-7-13-9(11)2/h4-7H,3,8H2,1-2H3,(H,14,15). The van der Waals surface area contributed by atoms with Crippen molar-refractivity contribution in [2.45, 2.75) is 20.3 Å². The molecule has 1 aromatic rings. The van der Waals surface area contributed by atoms with Crippen LogP contribution in [0.4, 0.5) is 0 Å². The molecule has 86 valence electrons. The summed E-state index contributed by atoms with van der Waals surface area (Å²) in [6.45, 7) is 3.90. The number of hydrogen-bond donors (Lipinski definition) is 1. The number of nitrogens with zero attached hydrogens (tertiary/aromatic N) is 1. The second-order valence-corrected chi connectivity index (χ2v) is 3.29. The van der Waals surface area contributed by atoms with Crippen molar-refractivity contribution in [3.05, 3.63) is 35.7 Å². The lowest BCUT2D eigenvalue weighted by Crippen LogP contribution is -2.03. The van der Waals surface area contributed by atoms with Crippen LogP contribution >= 0.6 is 0 Å². The van der Waals surface area contributed by atoms with Gasteiger partial charge in [-0.05, 0) is 31.6 Å². The van der Waals surface area contributed by atoms with Gasteiger partial charge in [0.25, 0.3) is 0 Å². The summed E-state index contributed by atoms with van der Waals surface area (Å²) in [5.74, 6) is -0.214. The molecule has 0 aliphatic carbocycles. The molecule has 4 heteroatoms. The Bertz CT molecular complexity index is 399. The maximum absolute atomic E-state index is 10.7. The Morgan fingerprint density at radius 3 is 2.94 bits per heavy atom. The van der Waals surface area contributed by atoms with Crippen LogP contribution in [0.25, 0.3) is 0 Å². The van der Waals surface area contributed by atoms with E-state index in [9.17, 15) is 4.79 Å². The number of pyridine rings is 1. The van der Waals surface area contributed by atoms with Crippen LogP contribution < -0.4 is 4.74 Å². The highest BCUT2D eigenvalue weighted by molar-refractivity contribution is 5.86. The number of ether oxygens (including phenoxy) is 1. The Balaban J connectivity index is 2.59. The Morgan fingerprint density at radius 1 is 1.62 bits per heavy atom. The van der Waals surface area contributed by atoms with Gasteiger partial charge in [-0.25, -0.2) is 4.79 Å². The number of carboxylic acids is 1. The van der Waals surface area contributed by atoms with Gasteiger partial charge in [-0.1, -0.05) is 6.92 Å². The highest BCUT2D eigenvalue weighted by atomic mass is 16.5. The predicted octanol–water partition coefficient (Wildman–Crippen LogP) is 2.19. The molecule has 4 nitrogen and oxygen atoms in total. The van der Waals surface area contributed by atoms with Crippen LogP contribution in [0, 0.1) is 6.92 Å². The van der Waals surface area contributed by atoms with Gasteiger partial charge in [0.15, 0.2) is 0 Å². The van der Waals surface area contributed by atoms with E-state index in [4.69, 9.17) is 9.84 Å². The zero-order valence-electron chi connectivity index (χ0n) is 9.43. The van der Waals surface area contributed by atoms with E-state index in [2.05, 4.69) is 4.98 Å². The molecule has 1 heterocycles. The molecule has 0 saturated carbocycles. The van der Waals surface area contributed by atoms with Gasteiger partial charge in [-0.3, -0.25) is 4.98 Å². The van der Waals surface area contributed by atoms with E-state index in [0.717, 1.165) is 5.69 Å². The van der Waals surface area contributed by atoms with Crippen molar-refractivity contribution in [1.29, 1.82) is 0 Å². The molecular weight excluding hydrogens is 206 g/mol. The Morgan fingerprint density at radius 2 is 2.38 bits per heavy atom. The van der Waals surface area contributed by atoms with Crippen molar-refractivity contribution in [3.8, 4) is 5.75 Å². The van der Waals surface area contributed by atoms with Gasteiger partial charge >= 0.3 is 5.97 Å². The number of rotatable bonds is 5. The summed E-state index contributed by atoms with van der Waals surface area (Å²) < 4.78 is 5.42. The van der Waals surface area contributed by atoms with Gasteiger partial charge in [0.05, 0.1) is 5.69 Å².